The summed E-state index contributed by atoms with van der Waals surface area (Å²) < 4.78 is 0. The lowest BCUT2D eigenvalue weighted by atomic mass is 10.8. The van der Waals surface area contributed by atoms with E-state index in [9.17, 15) is 9.59 Å². The molecule has 0 radical (unpaired) electrons. The maximum absolute atomic E-state index is 9.44. The highest BCUT2D eigenvalue weighted by Crippen LogP contribution is 1.98. The molecule has 0 aromatic heterocycles. The van der Waals surface area contributed by atoms with Gasteiger partial charge >= 0.3 is 11.9 Å². The SMILES string of the molecule is O=C(O)C(Cl)Cl.O=C(O)CCl. The fourth-order valence-corrected chi connectivity index (χ4v) is 0. The van der Waals surface area contributed by atoms with Crippen LogP contribution in [0.5, 0.6) is 0 Å². The van der Waals surface area contributed by atoms with Crippen molar-refractivity contribution < 1.29 is 19.8 Å². The van der Waals surface area contributed by atoms with Crippen molar-refractivity contribution in [2.24, 2.45) is 0 Å². The molecule has 0 aliphatic heterocycles. The van der Waals surface area contributed by atoms with Crippen molar-refractivity contribution in [3.63, 3.8) is 0 Å². The molecule has 0 amide bonds. The minimum Gasteiger partial charge on any atom is -0.480 e. The summed E-state index contributed by atoms with van der Waals surface area (Å²) in [6.45, 7) is 0. The highest BCUT2D eigenvalue weighted by Gasteiger charge is 2.05. The molecule has 0 aliphatic carbocycles. The average Bonchev–Trinajstić information content (AvgIpc) is 1.89. The molecule has 2 N–H and O–H groups in total. The number of hydrogen-bond acceptors (Lipinski definition) is 2. The van der Waals surface area contributed by atoms with Crippen LogP contribution >= 0.6 is 34.8 Å². The van der Waals surface area contributed by atoms with E-state index in [4.69, 9.17) is 45.0 Å². The number of hydrogen-bond donors (Lipinski definition) is 2. The van der Waals surface area contributed by atoms with Gasteiger partial charge in [-0.3, -0.25) is 4.79 Å². The first-order valence-electron chi connectivity index (χ1n) is 2.20. The van der Waals surface area contributed by atoms with Gasteiger partial charge in [-0.1, -0.05) is 23.2 Å². The van der Waals surface area contributed by atoms with Crippen molar-refractivity contribution in [2.45, 2.75) is 4.84 Å². The van der Waals surface area contributed by atoms with Gasteiger partial charge in [0.05, 0.1) is 0 Å². The van der Waals surface area contributed by atoms with Crippen LogP contribution in [0, 0.1) is 0 Å². The molecule has 0 aromatic rings. The molecule has 4 nitrogen and oxygen atoms in total. The first kappa shape index (κ1) is 13.4. The molecule has 0 spiro atoms. The first-order valence-corrected chi connectivity index (χ1v) is 3.61. The number of carboxylic acids is 2. The second-order valence-corrected chi connectivity index (χ2v) is 2.53. The molecule has 0 fully saturated rings. The van der Waals surface area contributed by atoms with Crippen molar-refractivity contribution in [3.8, 4) is 0 Å². The Morgan fingerprint density at radius 3 is 1.45 bits per heavy atom. The molecular weight excluding hydrogens is 218 g/mol. The highest BCUT2D eigenvalue weighted by atomic mass is 35.5. The van der Waals surface area contributed by atoms with E-state index in [0.29, 0.717) is 0 Å². The molecule has 7 heteroatoms. The topological polar surface area (TPSA) is 74.6 Å². The summed E-state index contributed by atoms with van der Waals surface area (Å²) in [5, 5.41) is 15.3. The van der Waals surface area contributed by atoms with Gasteiger partial charge < -0.3 is 10.2 Å². The Morgan fingerprint density at radius 1 is 1.27 bits per heavy atom. The van der Waals surface area contributed by atoms with Crippen molar-refractivity contribution in [2.75, 3.05) is 5.88 Å². The molecule has 0 aliphatic rings. The molecule has 0 aromatic carbocycles. The Bertz CT molecular complexity index is 135. The molecule has 66 valence electrons. The average molecular weight is 223 g/mol. The fourth-order valence-electron chi connectivity index (χ4n) is 0. The molecule has 0 atom stereocenters. The number of carbonyl (C=O) groups is 2. The van der Waals surface area contributed by atoms with Crippen molar-refractivity contribution in [1.29, 1.82) is 0 Å². The Kier molecular flexibility index (Phi) is 9.64. The zero-order valence-corrected chi connectivity index (χ0v) is 7.40. The van der Waals surface area contributed by atoms with Gasteiger partial charge in [-0.2, -0.15) is 0 Å². The first-order chi connectivity index (χ1) is 4.91. The minimum atomic E-state index is -1.29. The van der Waals surface area contributed by atoms with Crippen molar-refractivity contribution in [3.05, 3.63) is 0 Å². The van der Waals surface area contributed by atoms with Crippen LogP contribution in [0.4, 0.5) is 0 Å². The van der Waals surface area contributed by atoms with Gasteiger partial charge in [0.1, 0.15) is 5.88 Å². The minimum absolute atomic E-state index is 0.306. The van der Waals surface area contributed by atoms with Gasteiger partial charge in [-0.15, -0.1) is 11.6 Å². The summed E-state index contributed by atoms with van der Waals surface area (Å²) in [6, 6.07) is 0. The third-order valence-corrected chi connectivity index (χ3v) is 0.903. The molecule has 11 heavy (non-hydrogen) atoms. The Hall–Kier alpha value is -0.190. The van der Waals surface area contributed by atoms with Gasteiger partial charge in [0.15, 0.2) is 0 Å². The quantitative estimate of drug-likeness (QED) is 0.690. The van der Waals surface area contributed by atoms with Crippen molar-refractivity contribution in [1.82, 2.24) is 0 Å². The zero-order valence-electron chi connectivity index (χ0n) is 5.13. The van der Waals surface area contributed by atoms with E-state index in [0.717, 1.165) is 0 Å². The van der Waals surface area contributed by atoms with E-state index in [1.165, 1.54) is 0 Å². The van der Waals surface area contributed by atoms with Gasteiger partial charge in [0, 0.05) is 0 Å². The monoisotopic (exact) mass is 222 g/mol. The lowest BCUT2D eigenvalue weighted by molar-refractivity contribution is -0.135. The third-order valence-electron chi connectivity index (χ3n) is 0.301. The van der Waals surface area contributed by atoms with Gasteiger partial charge in [-0.25, -0.2) is 4.79 Å². The maximum atomic E-state index is 9.44. The van der Waals surface area contributed by atoms with Crippen LogP contribution < -0.4 is 0 Å². The molecular formula is C4H5Cl3O4. The Morgan fingerprint density at radius 2 is 1.45 bits per heavy atom. The lowest BCUT2D eigenvalue weighted by Crippen LogP contribution is -2.03. The summed E-state index contributed by atoms with van der Waals surface area (Å²) in [4.78, 5) is 17.4. The smallest absolute Gasteiger partial charge is 0.337 e. The van der Waals surface area contributed by atoms with E-state index in [-0.39, 0.29) is 5.88 Å². The van der Waals surface area contributed by atoms with E-state index < -0.39 is 16.8 Å². The Labute approximate surface area is 77.7 Å². The number of carboxylic acid groups (broad SMARTS) is 2. The Balaban J connectivity index is 0. The van der Waals surface area contributed by atoms with E-state index in [2.05, 4.69) is 0 Å². The standard InChI is InChI=1S/C2H2Cl2O2.C2H3ClO2/c3-1(4)2(5)6;3-1-2(4)5/h1H,(H,5,6);1H2,(H,4,5). The summed E-state index contributed by atoms with van der Waals surface area (Å²) in [6.07, 6.45) is 0. The van der Waals surface area contributed by atoms with Crippen molar-refractivity contribution >= 4 is 46.7 Å². The van der Waals surface area contributed by atoms with Crippen LogP contribution in [0.25, 0.3) is 0 Å². The van der Waals surface area contributed by atoms with Crippen LogP contribution in [0.1, 0.15) is 0 Å². The fraction of sp³-hybridized carbons (Fsp3) is 0.500. The summed E-state index contributed by atoms with van der Waals surface area (Å²) in [5.74, 6) is -2.50. The van der Waals surface area contributed by atoms with Gasteiger partial charge in [0.2, 0.25) is 4.84 Å². The maximum Gasteiger partial charge on any atom is 0.337 e. The predicted molar refractivity (Wildman–Crippen MR) is 41.5 cm³/mol. The summed E-state index contributed by atoms with van der Waals surface area (Å²) in [7, 11) is 0. The van der Waals surface area contributed by atoms with Crippen LogP contribution in [0.2, 0.25) is 0 Å². The molecule has 0 rings (SSSR count). The zero-order chi connectivity index (χ0) is 9.44. The molecule has 0 bridgehead atoms. The largest absolute Gasteiger partial charge is 0.480 e. The van der Waals surface area contributed by atoms with Gasteiger partial charge in [0.25, 0.3) is 0 Å². The van der Waals surface area contributed by atoms with Crippen LogP contribution in [0.15, 0.2) is 0 Å². The number of halogens is 3. The van der Waals surface area contributed by atoms with E-state index >= 15 is 0 Å². The van der Waals surface area contributed by atoms with E-state index in [1.54, 1.807) is 0 Å². The predicted octanol–water partition coefficient (Wildman–Crippen LogP) is 1.18. The second-order valence-electron chi connectivity index (χ2n) is 1.17. The summed E-state index contributed by atoms with van der Waals surface area (Å²) >= 11 is 14.3. The normalized spacial score (nSPS) is 8.36. The third kappa shape index (κ3) is 17.7. The van der Waals surface area contributed by atoms with Crippen LogP contribution in [-0.4, -0.2) is 32.9 Å². The number of rotatable bonds is 2. The molecule has 0 heterocycles. The lowest BCUT2D eigenvalue weighted by Gasteiger charge is -1.84. The summed E-state index contributed by atoms with van der Waals surface area (Å²) in [5.41, 5.74) is 0. The second kappa shape index (κ2) is 7.91. The molecule has 0 unspecified atom stereocenters. The highest BCUT2D eigenvalue weighted by molar-refractivity contribution is 6.52. The molecule has 0 saturated carbocycles. The number of aliphatic carboxylic acids is 2. The number of alkyl halides is 3. The van der Waals surface area contributed by atoms with Gasteiger partial charge in [-0.05, 0) is 0 Å². The van der Waals surface area contributed by atoms with Crippen LogP contribution in [-0.2, 0) is 9.59 Å². The van der Waals surface area contributed by atoms with Crippen LogP contribution in [0.3, 0.4) is 0 Å². The van der Waals surface area contributed by atoms with E-state index in [1.807, 2.05) is 0 Å². The molecule has 0 saturated heterocycles.